The molecule has 1 aromatic carbocycles. The number of anilines is 1. The predicted octanol–water partition coefficient (Wildman–Crippen LogP) is 3.09. The van der Waals surface area contributed by atoms with Gasteiger partial charge in [-0.15, -0.1) is 0 Å². The van der Waals surface area contributed by atoms with Gasteiger partial charge >= 0.3 is 0 Å². The lowest BCUT2D eigenvalue weighted by Gasteiger charge is -2.40. The van der Waals surface area contributed by atoms with Crippen molar-refractivity contribution in [1.82, 2.24) is 20.2 Å². The summed E-state index contributed by atoms with van der Waals surface area (Å²) in [5, 5.41) is 17.6. The maximum Gasteiger partial charge on any atom is 0.228 e. The minimum atomic E-state index is -0.478. The number of rotatable bonds is 2. The van der Waals surface area contributed by atoms with Crippen LogP contribution in [-0.2, 0) is 5.54 Å². The van der Waals surface area contributed by atoms with E-state index in [1.807, 2.05) is 29.2 Å². The highest BCUT2D eigenvalue weighted by molar-refractivity contribution is 9.10. The van der Waals surface area contributed by atoms with Gasteiger partial charge in [0.15, 0.2) is 11.3 Å². The zero-order chi connectivity index (χ0) is 18.3. The first kappa shape index (κ1) is 17.2. The zero-order valence-corrected chi connectivity index (χ0v) is 16.0. The fraction of sp³-hybridized carbons (Fsp3) is 0.294. The molecule has 1 saturated heterocycles. The van der Waals surface area contributed by atoms with Crippen LogP contribution in [0.5, 0.6) is 0 Å². The van der Waals surface area contributed by atoms with Crippen molar-refractivity contribution in [3.63, 3.8) is 0 Å². The summed E-state index contributed by atoms with van der Waals surface area (Å²) in [4.78, 5) is 11.0. The maximum absolute atomic E-state index is 9.41. The standard InChI is InChI=1S/C17H15BrClN7/c18-14-13-12(9-20)22-16(23-15(13)25-24-14)26-7-5-17(21,6-8-26)10-3-1-2-4-11(10)19/h1-4H,5-8,21H2,(H,22,23,24,25). The second kappa shape index (κ2) is 6.50. The monoisotopic (exact) mass is 431 g/mol. The highest BCUT2D eigenvalue weighted by Gasteiger charge is 2.34. The Kier molecular flexibility index (Phi) is 4.31. The van der Waals surface area contributed by atoms with Crippen molar-refractivity contribution in [2.75, 3.05) is 18.0 Å². The quantitative estimate of drug-likeness (QED) is 0.644. The van der Waals surface area contributed by atoms with Crippen LogP contribution in [0, 0.1) is 11.3 Å². The molecule has 0 unspecified atom stereocenters. The lowest BCUT2D eigenvalue weighted by molar-refractivity contribution is 0.341. The van der Waals surface area contributed by atoms with E-state index in [9.17, 15) is 5.26 Å². The van der Waals surface area contributed by atoms with Crippen molar-refractivity contribution in [3.05, 3.63) is 45.1 Å². The molecule has 3 heterocycles. The summed E-state index contributed by atoms with van der Waals surface area (Å²) in [6, 6.07) is 9.82. The Morgan fingerprint density at radius 2 is 2.00 bits per heavy atom. The number of hydrogen-bond donors (Lipinski definition) is 2. The number of nitrogens with zero attached hydrogens (tertiary/aromatic N) is 5. The topological polar surface area (TPSA) is 108 Å². The molecule has 0 saturated carbocycles. The first-order valence-corrected chi connectivity index (χ1v) is 9.29. The molecule has 1 fully saturated rings. The molecule has 26 heavy (non-hydrogen) atoms. The van der Waals surface area contributed by atoms with Gasteiger partial charge in [0.1, 0.15) is 10.7 Å². The fourth-order valence-electron chi connectivity index (χ4n) is 3.35. The van der Waals surface area contributed by atoms with Crippen LogP contribution in [0.15, 0.2) is 28.9 Å². The molecule has 3 aromatic rings. The second-order valence-electron chi connectivity index (χ2n) is 6.35. The van der Waals surface area contributed by atoms with Gasteiger partial charge in [0.25, 0.3) is 0 Å². The average molecular weight is 433 g/mol. The minimum absolute atomic E-state index is 0.293. The molecule has 7 nitrogen and oxygen atoms in total. The first-order valence-electron chi connectivity index (χ1n) is 8.12. The van der Waals surface area contributed by atoms with Crippen molar-refractivity contribution >= 4 is 44.5 Å². The van der Waals surface area contributed by atoms with Crippen LogP contribution in [0.25, 0.3) is 11.0 Å². The molecule has 0 amide bonds. The Balaban J connectivity index is 1.62. The van der Waals surface area contributed by atoms with E-state index in [1.165, 1.54) is 0 Å². The Morgan fingerprint density at radius 1 is 1.27 bits per heavy atom. The number of benzene rings is 1. The normalized spacial score (nSPS) is 16.6. The van der Waals surface area contributed by atoms with Gasteiger partial charge in [-0.2, -0.15) is 15.3 Å². The van der Waals surface area contributed by atoms with E-state index in [4.69, 9.17) is 17.3 Å². The number of nitrogens with two attached hydrogens (primary N) is 1. The summed E-state index contributed by atoms with van der Waals surface area (Å²) in [5.41, 5.74) is 7.96. The van der Waals surface area contributed by atoms with Crippen LogP contribution < -0.4 is 10.6 Å². The number of nitriles is 1. The minimum Gasteiger partial charge on any atom is -0.341 e. The third-order valence-corrected chi connectivity index (χ3v) is 5.72. The molecule has 1 aliphatic rings. The number of piperidine rings is 1. The molecule has 0 atom stereocenters. The number of fused-ring (bicyclic) bond motifs is 1. The molecule has 0 radical (unpaired) electrons. The van der Waals surface area contributed by atoms with E-state index in [0.717, 1.165) is 5.56 Å². The molecule has 1 aliphatic heterocycles. The first-order chi connectivity index (χ1) is 12.5. The molecule has 4 rings (SSSR count). The van der Waals surface area contributed by atoms with Crippen LogP contribution >= 0.6 is 27.5 Å². The van der Waals surface area contributed by atoms with E-state index in [0.29, 0.717) is 58.2 Å². The van der Waals surface area contributed by atoms with Crippen LogP contribution in [0.3, 0.4) is 0 Å². The van der Waals surface area contributed by atoms with Crippen molar-refractivity contribution < 1.29 is 0 Å². The maximum atomic E-state index is 9.41. The Bertz CT molecular complexity index is 1020. The van der Waals surface area contributed by atoms with Crippen molar-refractivity contribution in [1.29, 1.82) is 5.26 Å². The summed E-state index contributed by atoms with van der Waals surface area (Å²) in [7, 11) is 0. The molecule has 0 aliphatic carbocycles. The molecular formula is C17H15BrClN7. The van der Waals surface area contributed by atoms with E-state index in [1.54, 1.807) is 0 Å². The SMILES string of the molecule is N#Cc1nc(N2CCC(N)(c3ccccc3Cl)CC2)nc2[nH]nc(Br)c12. The van der Waals surface area contributed by atoms with Gasteiger partial charge in [-0.1, -0.05) is 29.8 Å². The number of aromatic amines is 1. The zero-order valence-electron chi connectivity index (χ0n) is 13.7. The van der Waals surface area contributed by atoms with Crippen molar-refractivity contribution in [2.45, 2.75) is 18.4 Å². The van der Waals surface area contributed by atoms with Gasteiger partial charge in [-0.3, -0.25) is 5.10 Å². The van der Waals surface area contributed by atoms with Gasteiger partial charge in [0.05, 0.1) is 5.39 Å². The number of halogens is 2. The number of H-pyrrole nitrogens is 1. The van der Waals surface area contributed by atoms with Crippen LogP contribution in [-0.4, -0.2) is 33.3 Å². The summed E-state index contributed by atoms with van der Waals surface area (Å²) in [5.74, 6) is 0.506. The largest absolute Gasteiger partial charge is 0.341 e. The summed E-state index contributed by atoms with van der Waals surface area (Å²) >= 11 is 9.65. The molecular weight excluding hydrogens is 418 g/mol. The highest BCUT2D eigenvalue weighted by Crippen LogP contribution is 2.35. The van der Waals surface area contributed by atoms with Crippen molar-refractivity contribution in [3.8, 4) is 6.07 Å². The third kappa shape index (κ3) is 2.82. The Labute approximate surface area is 163 Å². The average Bonchev–Trinajstić information content (AvgIpc) is 3.03. The van der Waals surface area contributed by atoms with Crippen LogP contribution in [0.1, 0.15) is 24.1 Å². The molecule has 132 valence electrons. The number of aromatic nitrogens is 4. The van der Waals surface area contributed by atoms with E-state index < -0.39 is 5.54 Å². The van der Waals surface area contributed by atoms with Gasteiger partial charge in [-0.05, 0) is 40.4 Å². The lowest BCUT2D eigenvalue weighted by atomic mass is 9.82. The van der Waals surface area contributed by atoms with Crippen molar-refractivity contribution in [2.24, 2.45) is 5.73 Å². The van der Waals surface area contributed by atoms with Gasteiger partial charge in [-0.25, -0.2) is 4.98 Å². The smallest absolute Gasteiger partial charge is 0.228 e. The van der Waals surface area contributed by atoms with Gasteiger partial charge in [0.2, 0.25) is 5.95 Å². The van der Waals surface area contributed by atoms with E-state index in [2.05, 4.69) is 42.2 Å². The second-order valence-corrected chi connectivity index (χ2v) is 7.50. The number of nitrogens with one attached hydrogen (secondary N) is 1. The van der Waals surface area contributed by atoms with Crippen LogP contribution in [0.2, 0.25) is 5.02 Å². The highest BCUT2D eigenvalue weighted by atomic mass is 79.9. The van der Waals surface area contributed by atoms with Crippen LogP contribution in [0.4, 0.5) is 5.95 Å². The van der Waals surface area contributed by atoms with E-state index >= 15 is 0 Å². The lowest BCUT2D eigenvalue weighted by Crippen LogP contribution is -2.48. The Hall–Kier alpha value is -2.21. The molecule has 3 N–H and O–H groups in total. The predicted molar refractivity (Wildman–Crippen MR) is 103 cm³/mol. The third-order valence-electron chi connectivity index (χ3n) is 4.82. The number of hydrogen-bond acceptors (Lipinski definition) is 6. The van der Waals surface area contributed by atoms with E-state index in [-0.39, 0.29) is 0 Å². The fourth-order valence-corrected chi connectivity index (χ4v) is 4.13. The Morgan fingerprint density at radius 3 is 2.69 bits per heavy atom. The molecule has 9 heteroatoms. The molecule has 0 bridgehead atoms. The molecule has 2 aromatic heterocycles. The summed E-state index contributed by atoms with van der Waals surface area (Å²) in [6.07, 6.45) is 1.43. The van der Waals surface area contributed by atoms with Gasteiger partial charge in [0, 0.05) is 23.7 Å². The van der Waals surface area contributed by atoms with Gasteiger partial charge < -0.3 is 10.6 Å². The molecule has 0 spiro atoms. The summed E-state index contributed by atoms with van der Waals surface area (Å²) < 4.78 is 0.536. The summed E-state index contributed by atoms with van der Waals surface area (Å²) in [6.45, 7) is 1.35.